The minimum Gasteiger partial charge on any atom is -0.339 e. The predicted molar refractivity (Wildman–Crippen MR) is 104 cm³/mol. The van der Waals surface area contributed by atoms with Gasteiger partial charge in [0.25, 0.3) is 5.91 Å². The molecule has 1 fully saturated rings. The lowest BCUT2D eigenvalue weighted by molar-refractivity contribution is 0.0778. The van der Waals surface area contributed by atoms with E-state index in [2.05, 4.69) is 20.4 Å². The first-order valence-corrected chi connectivity index (χ1v) is 9.26. The summed E-state index contributed by atoms with van der Waals surface area (Å²) in [5.41, 5.74) is 3.99. The van der Waals surface area contributed by atoms with E-state index in [1.54, 1.807) is 17.9 Å². The Bertz CT molecular complexity index is 1120. The Morgan fingerprint density at radius 2 is 2.21 bits per heavy atom. The molecule has 0 saturated carbocycles. The van der Waals surface area contributed by atoms with Gasteiger partial charge in [0.1, 0.15) is 11.9 Å². The van der Waals surface area contributed by atoms with Crippen molar-refractivity contribution >= 4 is 28.3 Å². The van der Waals surface area contributed by atoms with Crippen LogP contribution >= 0.6 is 0 Å². The Kier molecular flexibility index (Phi) is 3.85. The van der Waals surface area contributed by atoms with Crippen LogP contribution in [0, 0.1) is 0 Å². The largest absolute Gasteiger partial charge is 0.339 e. The molecule has 1 saturated heterocycles. The topological polar surface area (TPSA) is 75.4 Å². The van der Waals surface area contributed by atoms with Crippen LogP contribution in [0.3, 0.4) is 0 Å². The van der Waals surface area contributed by atoms with Crippen molar-refractivity contribution in [3.8, 4) is 0 Å². The number of hydrogen-bond acceptors (Lipinski definition) is 5. The second-order valence-electron chi connectivity index (χ2n) is 7.14. The molecule has 5 rings (SSSR count). The van der Waals surface area contributed by atoms with Crippen LogP contribution in [0.5, 0.6) is 0 Å². The summed E-state index contributed by atoms with van der Waals surface area (Å²) in [5, 5.41) is 8.47. The van der Waals surface area contributed by atoms with Crippen LogP contribution in [-0.4, -0.2) is 50.7 Å². The number of amidine groups is 1. The van der Waals surface area contributed by atoms with Crippen LogP contribution in [0.15, 0.2) is 41.5 Å². The molecular weight excluding hydrogens is 359 g/mol. The Morgan fingerprint density at radius 1 is 1.32 bits per heavy atom. The number of rotatable bonds is 2. The maximum absolute atomic E-state index is 13.5. The van der Waals surface area contributed by atoms with E-state index >= 15 is 0 Å². The summed E-state index contributed by atoms with van der Waals surface area (Å²) in [4.78, 5) is 23.2. The van der Waals surface area contributed by atoms with Gasteiger partial charge in [0.15, 0.2) is 11.5 Å². The minimum absolute atomic E-state index is 0.142. The number of aromatic nitrogens is 3. The molecule has 0 radical (unpaired) electrons. The molecule has 7 nitrogen and oxygen atoms in total. The van der Waals surface area contributed by atoms with E-state index in [1.165, 1.54) is 4.90 Å². The van der Waals surface area contributed by atoms with Crippen molar-refractivity contribution in [2.24, 2.45) is 12.0 Å². The molecule has 2 aromatic heterocycles. The molecule has 4 heterocycles. The number of pyridine rings is 1. The Hall–Kier alpha value is -3.29. The van der Waals surface area contributed by atoms with E-state index in [-0.39, 0.29) is 12.5 Å². The number of alkyl halides is 1. The lowest BCUT2D eigenvalue weighted by Crippen LogP contribution is -2.29. The number of carbonyl (C=O) groups is 1. The highest BCUT2D eigenvalue weighted by Crippen LogP contribution is 2.26. The van der Waals surface area contributed by atoms with Gasteiger partial charge in [-0.05, 0) is 30.7 Å². The summed E-state index contributed by atoms with van der Waals surface area (Å²) < 4.78 is 15.2. The highest BCUT2D eigenvalue weighted by molar-refractivity contribution is 6.11. The lowest BCUT2D eigenvalue weighted by Gasteiger charge is -2.13. The van der Waals surface area contributed by atoms with Gasteiger partial charge in [-0.15, -0.1) is 0 Å². The second-order valence-corrected chi connectivity index (χ2v) is 7.14. The van der Waals surface area contributed by atoms with Crippen LogP contribution in [0.25, 0.3) is 10.9 Å². The number of benzene rings is 1. The van der Waals surface area contributed by atoms with E-state index in [1.807, 2.05) is 30.3 Å². The van der Waals surface area contributed by atoms with Crippen molar-refractivity contribution < 1.29 is 9.18 Å². The van der Waals surface area contributed by atoms with Crippen molar-refractivity contribution in [3.05, 3.63) is 53.5 Å². The molecule has 0 spiro atoms. The number of aryl methyl sites for hydroxylation is 1. The number of anilines is 1. The zero-order chi connectivity index (χ0) is 19.3. The predicted octanol–water partition coefficient (Wildman–Crippen LogP) is 2.52. The molecule has 3 aromatic rings. The summed E-state index contributed by atoms with van der Waals surface area (Å²) in [7, 11) is 1.80. The van der Waals surface area contributed by atoms with Crippen molar-refractivity contribution in [2.45, 2.75) is 19.1 Å². The van der Waals surface area contributed by atoms with Gasteiger partial charge < -0.3 is 10.2 Å². The van der Waals surface area contributed by atoms with E-state index in [9.17, 15) is 9.18 Å². The fraction of sp³-hybridized carbons (Fsp3) is 0.300. The van der Waals surface area contributed by atoms with Crippen LogP contribution in [0.4, 0.5) is 10.1 Å². The molecule has 2 aliphatic heterocycles. The van der Waals surface area contributed by atoms with Gasteiger partial charge in [-0.1, -0.05) is 6.07 Å². The number of carbonyl (C=O) groups excluding carboxylic acids is 1. The first-order valence-electron chi connectivity index (χ1n) is 9.26. The zero-order valence-corrected chi connectivity index (χ0v) is 15.4. The third-order valence-corrected chi connectivity index (χ3v) is 5.26. The maximum atomic E-state index is 13.5. The van der Waals surface area contributed by atoms with Crippen LogP contribution in [0.2, 0.25) is 0 Å². The minimum atomic E-state index is -0.946. The lowest BCUT2D eigenvalue weighted by atomic mass is 10.1. The first-order chi connectivity index (χ1) is 13.6. The fourth-order valence-corrected chi connectivity index (χ4v) is 3.80. The number of amides is 1. The Morgan fingerprint density at radius 3 is 3.04 bits per heavy atom. The summed E-state index contributed by atoms with van der Waals surface area (Å²) in [6.07, 6.45) is 1.20. The van der Waals surface area contributed by atoms with E-state index in [4.69, 9.17) is 0 Å². The molecular formula is C20H19FN6O. The Labute approximate surface area is 160 Å². The number of fused-ring (bicyclic) bond motifs is 2. The summed E-state index contributed by atoms with van der Waals surface area (Å²) in [6, 6.07) is 9.62. The summed E-state index contributed by atoms with van der Waals surface area (Å²) in [6.45, 7) is 1.19. The van der Waals surface area contributed by atoms with Crippen LogP contribution in [-0.2, 0) is 13.6 Å². The SMILES string of the molecule is Cn1nc(C(=O)N2CC[C@H](F)C2)c2ccc(NC3=NCc4cccnc43)cc21. The molecule has 1 atom stereocenters. The number of hydrogen-bond donors (Lipinski definition) is 1. The molecule has 2 aliphatic rings. The normalized spacial score (nSPS) is 18.4. The molecule has 1 amide bonds. The van der Waals surface area contributed by atoms with Crippen molar-refractivity contribution in [3.63, 3.8) is 0 Å². The van der Waals surface area contributed by atoms with Crippen molar-refractivity contribution in [1.29, 1.82) is 0 Å². The molecule has 0 aliphatic carbocycles. The van der Waals surface area contributed by atoms with Gasteiger partial charge in [0.05, 0.1) is 18.6 Å². The zero-order valence-electron chi connectivity index (χ0n) is 15.4. The van der Waals surface area contributed by atoms with Gasteiger partial charge in [0.2, 0.25) is 0 Å². The fourth-order valence-electron chi connectivity index (χ4n) is 3.80. The van der Waals surface area contributed by atoms with Crippen molar-refractivity contribution in [1.82, 2.24) is 19.7 Å². The molecule has 28 heavy (non-hydrogen) atoms. The number of nitrogens with one attached hydrogen (secondary N) is 1. The average Bonchev–Trinajstić information content (AvgIpc) is 3.40. The highest BCUT2D eigenvalue weighted by atomic mass is 19.1. The third-order valence-electron chi connectivity index (χ3n) is 5.26. The smallest absolute Gasteiger partial charge is 0.275 e. The van der Waals surface area contributed by atoms with Gasteiger partial charge in [-0.3, -0.25) is 19.5 Å². The van der Waals surface area contributed by atoms with Gasteiger partial charge in [-0.2, -0.15) is 5.10 Å². The van der Waals surface area contributed by atoms with Crippen LogP contribution < -0.4 is 5.32 Å². The van der Waals surface area contributed by atoms with E-state index in [0.717, 1.165) is 33.7 Å². The van der Waals surface area contributed by atoms with Crippen LogP contribution in [0.1, 0.15) is 28.2 Å². The number of nitrogens with zero attached hydrogens (tertiary/aromatic N) is 5. The Balaban J connectivity index is 1.45. The van der Waals surface area contributed by atoms with E-state index < -0.39 is 6.17 Å². The quantitative estimate of drug-likeness (QED) is 0.744. The summed E-state index contributed by atoms with van der Waals surface area (Å²) in [5.74, 6) is 0.518. The second kappa shape index (κ2) is 6.40. The van der Waals surface area contributed by atoms with Crippen molar-refractivity contribution in [2.75, 3.05) is 18.4 Å². The molecule has 1 aromatic carbocycles. The van der Waals surface area contributed by atoms with Gasteiger partial charge in [-0.25, -0.2) is 4.39 Å². The van der Waals surface area contributed by atoms with E-state index in [0.29, 0.717) is 25.2 Å². The molecule has 8 heteroatoms. The third kappa shape index (κ3) is 2.72. The molecule has 1 N–H and O–H groups in total. The maximum Gasteiger partial charge on any atom is 0.275 e. The molecule has 142 valence electrons. The number of likely N-dealkylation sites (tertiary alicyclic amines) is 1. The number of aliphatic imine (C=N–C) groups is 1. The monoisotopic (exact) mass is 378 g/mol. The average molecular weight is 378 g/mol. The standard InChI is InChI=1S/C20H19FN6O/c1-26-16-9-14(24-19-17-12(10-23-19)3-2-7-22-17)4-5-15(16)18(25-26)20(28)27-8-6-13(21)11-27/h2-5,7,9,13H,6,8,10-11H2,1H3,(H,23,24)/t13-/m0/s1. The number of halogens is 1. The molecule has 0 bridgehead atoms. The first kappa shape index (κ1) is 16.9. The highest BCUT2D eigenvalue weighted by Gasteiger charge is 2.29. The summed E-state index contributed by atoms with van der Waals surface area (Å²) >= 11 is 0. The molecule has 0 unspecified atom stereocenters. The van der Waals surface area contributed by atoms with Gasteiger partial charge >= 0.3 is 0 Å². The van der Waals surface area contributed by atoms with Gasteiger partial charge in [0, 0.05) is 36.4 Å².